The zero-order chi connectivity index (χ0) is 18.8. The van der Waals surface area contributed by atoms with E-state index in [1.807, 2.05) is 18.2 Å². The Kier molecular flexibility index (Phi) is 4.69. The molecule has 4 rings (SSSR count). The minimum atomic E-state index is 0.0629. The molecule has 1 fully saturated rings. The minimum Gasteiger partial charge on any atom is -0.314 e. The van der Waals surface area contributed by atoms with Crippen molar-refractivity contribution in [1.29, 1.82) is 5.26 Å². The Balaban J connectivity index is 1.48. The van der Waals surface area contributed by atoms with E-state index in [1.165, 1.54) is 0 Å². The van der Waals surface area contributed by atoms with E-state index in [9.17, 15) is 10.1 Å². The van der Waals surface area contributed by atoms with Crippen LogP contribution < -0.4 is 5.32 Å². The number of pyridine rings is 1. The largest absolute Gasteiger partial charge is 0.314 e. The molecule has 0 unspecified atom stereocenters. The van der Waals surface area contributed by atoms with Gasteiger partial charge in [0.05, 0.1) is 11.1 Å². The summed E-state index contributed by atoms with van der Waals surface area (Å²) < 4.78 is 0. The third kappa shape index (κ3) is 3.46. The molecule has 0 aliphatic carbocycles. The lowest BCUT2D eigenvalue weighted by Crippen LogP contribution is -2.40. The standard InChI is InChI=1S/C21H21N5O/c1-26-9-6-14(7-10-26)21(27)25-19-11-16(13-24-19)17-5-4-15(12-22)20-18(17)3-2-8-23-20/h2-5,8,13-14H,6-7,9-11H2,1H3,(H,24,25,27). The van der Waals surface area contributed by atoms with Gasteiger partial charge in [0.15, 0.2) is 0 Å². The highest BCUT2D eigenvalue weighted by atomic mass is 16.1. The van der Waals surface area contributed by atoms with E-state index >= 15 is 0 Å². The smallest absolute Gasteiger partial charge is 0.228 e. The number of nitrogens with zero attached hydrogens (tertiary/aromatic N) is 4. The molecule has 1 N–H and O–H groups in total. The Morgan fingerprint density at radius 2 is 2.11 bits per heavy atom. The van der Waals surface area contributed by atoms with Gasteiger partial charge in [-0.2, -0.15) is 5.26 Å². The zero-order valence-corrected chi connectivity index (χ0v) is 15.3. The number of piperidine rings is 1. The van der Waals surface area contributed by atoms with E-state index < -0.39 is 0 Å². The average Bonchev–Trinajstić information content (AvgIpc) is 3.15. The SMILES string of the molecule is CN1CCC(C(=O)NC2=NC=C(c3ccc(C#N)c4ncccc34)C2)CC1. The fourth-order valence-corrected chi connectivity index (χ4v) is 3.73. The molecule has 136 valence electrons. The Labute approximate surface area is 158 Å². The van der Waals surface area contributed by atoms with Crippen LogP contribution in [0.4, 0.5) is 0 Å². The average molecular weight is 359 g/mol. The molecular formula is C21H21N5O. The minimum absolute atomic E-state index is 0.0629. The van der Waals surface area contributed by atoms with Crippen LogP contribution in [0.5, 0.6) is 0 Å². The van der Waals surface area contributed by atoms with Gasteiger partial charge in [0.25, 0.3) is 0 Å². The molecule has 2 aromatic rings. The van der Waals surface area contributed by atoms with Gasteiger partial charge in [0.1, 0.15) is 11.9 Å². The van der Waals surface area contributed by atoms with Gasteiger partial charge in [-0.1, -0.05) is 12.1 Å². The normalized spacial score (nSPS) is 18.1. The van der Waals surface area contributed by atoms with Crippen LogP contribution in [-0.2, 0) is 4.79 Å². The van der Waals surface area contributed by atoms with Gasteiger partial charge in [-0.15, -0.1) is 0 Å². The summed E-state index contributed by atoms with van der Waals surface area (Å²) >= 11 is 0. The summed E-state index contributed by atoms with van der Waals surface area (Å²) in [5, 5.41) is 13.2. The van der Waals surface area contributed by atoms with Crippen molar-refractivity contribution in [3.05, 3.63) is 47.8 Å². The van der Waals surface area contributed by atoms with Crippen LogP contribution in [-0.4, -0.2) is 41.8 Å². The Morgan fingerprint density at radius 1 is 1.30 bits per heavy atom. The second-order valence-corrected chi connectivity index (χ2v) is 7.15. The van der Waals surface area contributed by atoms with E-state index in [4.69, 9.17) is 0 Å². The lowest BCUT2D eigenvalue weighted by atomic mass is 9.95. The van der Waals surface area contributed by atoms with Crippen molar-refractivity contribution < 1.29 is 4.79 Å². The summed E-state index contributed by atoms with van der Waals surface area (Å²) in [5.74, 6) is 0.825. The molecule has 6 heteroatoms. The van der Waals surface area contributed by atoms with Crippen molar-refractivity contribution in [2.24, 2.45) is 10.9 Å². The first-order valence-electron chi connectivity index (χ1n) is 9.19. The molecule has 0 atom stereocenters. The van der Waals surface area contributed by atoms with Gasteiger partial charge in [-0.3, -0.25) is 9.78 Å². The maximum Gasteiger partial charge on any atom is 0.228 e. The van der Waals surface area contributed by atoms with Crippen molar-refractivity contribution in [1.82, 2.24) is 15.2 Å². The van der Waals surface area contributed by atoms with Crippen molar-refractivity contribution in [3.63, 3.8) is 0 Å². The Hall–Kier alpha value is -3.04. The third-order valence-corrected chi connectivity index (χ3v) is 5.33. The van der Waals surface area contributed by atoms with Gasteiger partial charge in [0.2, 0.25) is 5.91 Å². The summed E-state index contributed by atoms with van der Waals surface area (Å²) in [6.45, 7) is 1.91. The number of carbonyl (C=O) groups excluding carboxylic acids is 1. The first-order valence-corrected chi connectivity index (χ1v) is 9.19. The molecule has 6 nitrogen and oxygen atoms in total. The summed E-state index contributed by atoms with van der Waals surface area (Å²) in [6, 6.07) is 9.75. The molecule has 1 aromatic heterocycles. The highest BCUT2D eigenvalue weighted by Gasteiger charge is 2.25. The number of carbonyl (C=O) groups is 1. The quantitative estimate of drug-likeness (QED) is 0.894. The lowest BCUT2D eigenvalue weighted by molar-refractivity contribution is -0.124. The van der Waals surface area contributed by atoms with Crippen LogP contribution in [0.15, 0.2) is 41.7 Å². The van der Waals surface area contributed by atoms with Crippen molar-refractivity contribution in [3.8, 4) is 6.07 Å². The monoisotopic (exact) mass is 359 g/mol. The number of nitrogens with one attached hydrogen (secondary N) is 1. The van der Waals surface area contributed by atoms with Crippen LogP contribution in [0, 0.1) is 17.2 Å². The maximum absolute atomic E-state index is 12.5. The number of aromatic nitrogens is 1. The summed E-state index contributed by atoms with van der Waals surface area (Å²) in [7, 11) is 2.09. The fraction of sp³-hybridized carbons (Fsp3) is 0.333. The maximum atomic E-state index is 12.5. The first kappa shape index (κ1) is 17.4. The van der Waals surface area contributed by atoms with Crippen molar-refractivity contribution >= 4 is 28.2 Å². The molecule has 3 heterocycles. The number of likely N-dealkylation sites (tertiary alicyclic amines) is 1. The van der Waals surface area contributed by atoms with Crippen LogP contribution >= 0.6 is 0 Å². The van der Waals surface area contributed by atoms with Gasteiger partial charge >= 0.3 is 0 Å². The molecule has 2 aliphatic rings. The van der Waals surface area contributed by atoms with E-state index in [0.717, 1.165) is 42.5 Å². The van der Waals surface area contributed by atoms with Crippen molar-refractivity contribution in [2.45, 2.75) is 19.3 Å². The highest BCUT2D eigenvalue weighted by Crippen LogP contribution is 2.30. The van der Waals surface area contributed by atoms with Crippen LogP contribution in [0.3, 0.4) is 0 Å². The number of fused-ring (bicyclic) bond motifs is 1. The first-order chi connectivity index (χ1) is 13.2. The predicted molar refractivity (Wildman–Crippen MR) is 105 cm³/mol. The number of aliphatic imine (C=N–C) groups is 1. The highest BCUT2D eigenvalue weighted by molar-refractivity contribution is 6.08. The number of amidine groups is 1. The topological polar surface area (TPSA) is 81.4 Å². The molecule has 27 heavy (non-hydrogen) atoms. The van der Waals surface area contributed by atoms with Crippen LogP contribution in [0.25, 0.3) is 16.5 Å². The van der Waals surface area contributed by atoms with E-state index in [2.05, 4.69) is 33.3 Å². The predicted octanol–water partition coefficient (Wildman–Crippen LogP) is 2.71. The lowest BCUT2D eigenvalue weighted by Gasteiger charge is -2.28. The number of amides is 1. The fourth-order valence-electron chi connectivity index (χ4n) is 3.73. The number of rotatable bonds is 2. The molecule has 1 aromatic carbocycles. The molecule has 0 spiro atoms. The van der Waals surface area contributed by atoms with Crippen molar-refractivity contribution in [2.75, 3.05) is 20.1 Å². The number of benzene rings is 1. The van der Waals surface area contributed by atoms with Gasteiger partial charge < -0.3 is 10.2 Å². The van der Waals surface area contributed by atoms with Gasteiger partial charge in [-0.25, -0.2) is 4.99 Å². The molecule has 1 amide bonds. The van der Waals surface area contributed by atoms with Crippen LogP contribution in [0.1, 0.15) is 30.4 Å². The third-order valence-electron chi connectivity index (χ3n) is 5.33. The Morgan fingerprint density at radius 3 is 2.89 bits per heavy atom. The second kappa shape index (κ2) is 7.29. The van der Waals surface area contributed by atoms with Gasteiger partial charge in [0, 0.05) is 30.1 Å². The molecule has 0 bridgehead atoms. The van der Waals surface area contributed by atoms with E-state index in [-0.39, 0.29) is 11.8 Å². The molecule has 0 radical (unpaired) electrons. The second-order valence-electron chi connectivity index (χ2n) is 7.15. The van der Waals surface area contributed by atoms with E-state index in [0.29, 0.717) is 23.3 Å². The summed E-state index contributed by atoms with van der Waals surface area (Å²) in [6.07, 6.45) is 5.86. The summed E-state index contributed by atoms with van der Waals surface area (Å²) in [5.41, 5.74) is 3.28. The molecular weight excluding hydrogens is 338 g/mol. The molecule has 2 aliphatic heterocycles. The Bertz CT molecular complexity index is 993. The number of nitriles is 1. The molecule has 0 saturated carbocycles. The molecule has 1 saturated heterocycles. The number of hydrogen-bond acceptors (Lipinski definition) is 5. The summed E-state index contributed by atoms with van der Waals surface area (Å²) in [4.78, 5) is 23.5. The van der Waals surface area contributed by atoms with E-state index in [1.54, 1.807) is 18.5 Å². The number of hydrogen-bond donors (Lipinski definition) is 1. The van der Waals surface area contributed by atoms with Crippen LogP contribution in [0.2, 0.25) is 0 Å². The zero-order valence-electron chi connectivity index (χ0n) is 15.3. The van der Waals surface area contributed by atoms with Gasteiger partial charge in [-0.05, 0) is 56.2 Å².